The minimum absolute atomic E-state index is 0.0906. The van der Waals surface area contributed by atoms with Gasteiger partial charge in [0.05, 0.1) is 36.9 Å². The Balaban J connectivity index is 1.79. The van der Waals surface area contributed by atoms with Gasteiger partial charge in [0.1, 0.15) is 5.82 Å². The number of carboxylic acid groups (broad SMARTS) is 1. The van der Waals surface area contributed by atoms with E-state index in [2.05, 4.69) is 26.5 Å². The number of aryl methyl sites for hydroxylation is 1. The summed E-state index contributed by atoms with van der Waals surface area (Å²) >= 11 is 0. The molecule has 0 radical (unpaired) electrons. The molecule has 4 aromatic rings. The molecule has 0 aliphatic carbocycles. The number of hydrogen-bond donors (Lipinski definition) is 3. The highest BCUT2D eigenvalue weighted by Gasteiger charge is 2.15. The maximum atomic E-state index is 12.9. The third-order valence-electron chi connectivity index (χ3n) is 5.78. The van der Waals surface area contributed by atoms with E-state index >= 15 is 0 Å². The second kappa shape index (κ2) is 10.8. The molecule has 0 atom stereocenters. The number of methoxy groups -OCH3 is 2. The number of hydrogen-bond acceptors (Lipinski definition) is 9. The van der Waals surface area contributed by atoms with Crippen LogP contribution in [0.5, 0.6) is 17.2 Å². The third-order valence-corrected chi connectivity index (χ3v) is 5.78. The molecule has 2 aromatic carbocycles. The van der Waals surface area contributed by atoms with Crippen LogP contribution in [-0.2, 0) is 13.0 Å². The van der Waals surface area contributed by atoms with Crippen molar-refractivity contribution in [3.63, 3.8) is 0 Å². The number of rotatable bonds is 6. The molecule has 0 amide bonds. The number of fused-ring (bicyclic) bond motifs is 1. The van der Waals surface area contributed by atoms with Crippen LogP contribution in [0.3, 0.4) is 0 Å². The zero-order valence-corrected chi connectivity index (χ0v) is 20.9. The highest BCUT2D eigenvalue weighted by Crippen LogP contribution is 2.33. The van der Waals surface area contributed by atoms with Crippen LogP contribution in [0.15, 0.2) is 47.5 Å². The number of nitrogens with two attached hydrogens (primary N) is 2. The van der Waals surface area contributed by atoms with Gasteiger partial charge in [0, 0.05) is 30.3 Å². The van der Waals surface area contributed by atoms with Crippen molar-refractivity contribution in [2.75, 3.05) is 25.7 Å². The Morgan fingerprint density at radius 2 is 1.89 bits per heavy atom. The smallest absolute Gasteiger partial charge is 0.493 e. The molecule has 0 aliphatic heterocycles. The highest BCUT2D eigenvalue weighted by atomic mass is 16.7. The first kappa shape index (κ1) is 25.8. The molecular formula is C27H25N5O6. The Morgan fingerprint density at radius 1 is 1.11 bits per heavy atom. The minimum atomic E-state index is -1.56. The Hall–Kier alpha value is -5.24. The molecule has 0 aliphatic rings. The Labute approximate surface area is 217 Å². The third kappa shape index (κ3) is 5.29. The Bertz CT molecular complexity index is 1670. The second-order valence-corrected chi connectivity index (χ2v) is 8.15. The standard InChI is InChI=1S/C27H25N5O6/c1-4-32-14-22(38-27(34)35)23(33)19-11-15(6-8-20(19)32)5-7-17-9-16(12-21(36-2)24(17)37-3)10-18-13-30-26(29)31-25(18)28/h6,8-9,11-14H,4,10H2,1-3H3,(H,34,35)(H4,28,29,30,31). The van der Waals surface area contributed by atoms with Gasteiger partial charge in [-0.15, -0.1) is 0 Å². The molecule has 0 saturated heterocycles. The zero-order valence-electron chi connectivity index (χ0n) is 20.9. The lowest BCUT2D eigenvalue weighted by molar-refractivity contribution is 0.144. The SMILES string of the molecule is CCn1cc(OC(=O)O)c(=O)c2cc(C#Cc3cc(Cc4cnc(N)nc4N)cc(OC)c3OC)ccc21. The van der Waals surface area contributed by atoms with Gasteiger partial charge in [0.25, 0.3) is 0 Å². The van der Waals surface area contributed by atoms with Crippen LogP contribution in [0.4, 0.5) is 16.6 Å². The van der Waals surface area contributed by atoms with Gasteiger partial charge >= 0.3 is 6.16 Å². The summed E-state index contributed by atoms with van der Waals surface area (Å²) in [6.07, 6.45) is 1.79. The second-order valence-electron chi connectivity index (χ2n) is 8.15. The first-order valence-corrected chi connectivity index (χ1v) is 11.5. The summed E-state index contributed by atoms with van der Waals surface area (Å²) < 4.78 is 17.5. The van der Waals surface area contributed by atoms with Gasteiger partial charge in [-0.25, -0.2) is 9.78 Å². The molecule has 5 N–H and O–H groups in total. The van der Waals surface area contributed by atoms with Crippen LogP contribution in [0.2, 0.25) is 0 Å². The molecule has 194 valence electrons. The quantitative estimate of drug-likeness (QED) is 0.257. The number of carbonyl (C=O) groups is 1. The maximum absolute atomic E-state index is 12.9. The van der Waals surface area contributed by atoms with Crippen molar-refractivity contribution in [2.24, 2.45) is 0 Å². The van der Waals surface area contributed by atoms with Crippen molar-refractivity contribution in [3.05, 3.63) is 75.2 Å². The van der Waals surface area contributed by atoms with E-state index < -0.39 is 11.6 Å². The summed E-state index contributed by atoms with van der Waals surface area (Å²) in [4.78, 5) is 31.9. The van der Waals surface area contributed by atoms with E-state index in [9.17, 15) is 9.59 Å². The fraction of sp³-hybridized carbons (Fsp3) is 0.185. The summed E-state index contributed by atoms with van der Waals surface area (Å²) in [5.74, 6) is 7.16. The molecule has 0 fully saturated rings. The van der Waals surface area contributed by atoms with Crippen molar-refractivity contribution in [1.82, 2.24) is 14.5 Å². The van der Waals surface area contributed by atoms with E-state index in [0.717, 1.165) is 5.56 Å². The first-order valence-electron chi connectivity index (χ1n) is 11.5. The predicted molar refractivity (Wildman–Crippen MR) is 142 cm³/mol. The number of aromatic nitrogens is 3. The summed E-state index contributed by atoms with van der Waals surface area (Å²) in [6, 6.07) is 8.79. The number of ether oxygens (including phenoxy) is 3. The van der Waals surface area contributed by atoms with Crippen molar-refractivity contribution in [2.45, 2.75) is 19.9 Å². The molecular weight excluding hydrogens is 490 g/mol. The number of benzene rings is 2. The first-order chi connectivity index (χ1) is 18.2. The van der Waals surface area contributed by atoms with Gasteiger partial charge in [-0.2, -0.15) is 4.98 Å². The summed E-state index contributed by atoms with van der Waals surface area (Å²) in [7, 11) is 3.04. The van der Waals surface area contributed by atoms with Crippen molar-refractivity contribution < 1.29 is 24.1 Å². The van der Waals surface area contributed by atoms with E-state index in [1.807, 2.05) is 19.1 Å². The summed E-state index contributed by atoms with van der Waals surface area (Å²) in [6.45, 7) is 2.38. The normalized spacial score (nSPS) is 10.5. The largest absolute Gasteiger partial charge is 0.511 e. The van der Waals surface area contributed by atoms with Gasteiger partial charge < -0.3 is 35.4 Å². The molecule has 0 unspecified atom stereocenters. The lowest BCUT2D eigenvalue weighted by Crippen LogP contribution is -2.16. The Kier molecular flexibility index (Phi) is 7.34. The maximum Gasteiger partial charge on any atom is 0.511 e. The monoisotopic (exact) mass is 515 g/mol. The van der Waals surface area contributed by atoms with E-state index in [1.165, 1.54) is 20.4 Å². The molecule has 0 spiro atoms. The molecule has 11 nitrogen and oxygen atoms in total. The van der Waals surface area contributed by atoms with Crippen molar-refractivity contribution in [1.29, 1.82) is 0 Å². The molecule has 38 heavy (non-hydrogen) atoms. The van der Waals surface area contributed by atoms with Crippen molar-refractivity contribution in [3.8, 4) is 29.1 Å². The summed E-state index contributed by atoms with van der Waals surface area (Å²) in [5.41, 5.74) is 14.3. The number of nitrogen functional groups attached to an aromatic ring is 2. The van der Waals surface area contributed by atoms with E-state index in [1.54, 1.807) is 29.0 Å². The fourth-order valence-electron chi connectivity index (χ4n) is 4.02. The molecule has 0 bridgehead atoms. The van der Waals surface area contributed by atoms with E-state index in [0.29, 0.717) is 46.7 Å². The van der Waals surface area contributed by atoms with Crippen LogP contribution in [0.1, 0.15) is 29.2 Å². The highest BCUT2D eigenvalue weighted by molar-refractivity contribution is 5.82. The molecule has 2 heterocycles. The van der Waals surface area contributed by atoms with Crippen LogP contribution in [-0.4, -0.2) is 40.0 Å². The van der Waals surface area contributed by atoms with Gasteiger partial charge in [-0.1, -0.05) is 11.8 Å². The minimum Gasteiger partial charge on any atom is -0.493 e. The van der Waals surface area contributed by atoms with Gasteiger partial charge in [-0.05, 0) is 42.8 Å². The molecule has 2 aromatic heterocycles. The lowest BCUT2D eigenvalue weighted by Gasteiger charge is -2.13. The van der Waals surface area contributed by atoms with Crippen LogP contribution < -0.4 is 31.1 Å². The summed E-state index contributed by atoms with van der Waals surface area (Å²) in [5, 5.41) is 9.28. The lowest BCUT2D eigenvalue weighted by atomic mass is 10.0. The van der Waals surface area contributed by atoms with Crippen LogP contribution >= 0.6 is 0 Å². The van der Waals surface area contributed by atoms with Crippen molar-refractivity contribution >= 4 is 28.8 Å². The zero-order chi connectivity index (χ0) is 27.4. The van der Waals surface area contributed by atoms with Gasteiger partial charge in [0.15, 0.2) is 17.2 Å². The average Bonchev–Trinajstić information content (AvgIpc) is 2.90. The van der Waals surface area contributed by atoms with E-state index in [4.69, 9.17) is 26.0 Å². The number of nitrogens with zero attached hydrogens (tertiary/aromatic N) is 3. The number of anilines is 2. The fourth-order valence-corrected chi connectivity index (χ4v) is 4.02. The van der Waals surface area contributed by atoms with Gasteiger partial charge in [-0.3, -0.25) is 4.79 Å². The van der Waals surface area contributed by atoms with Gasteiger partial charge in [0.2, 0.25) is 11.4 Å². The van der Waals surface area contributed by atoms with E-state index in [-0.39, 0.29) is 22.9 Å². The average molecular weight is 516 g/mol. The molecule has 0 saturated carbocycles. The van der Waals surface area contributed by atoms with Crippen LogP contribution in [0, 0.1) is 11.8 Å². The topological polar surface area (TPSA) is 165 Å². The predicted octanol–water partition coefficient (Wildman–Crippen LogP) is 3.04. The van der Waals surface area contributed by atoms with Crippen LogP contribution in [0.25, 0.3) is 10.9 Å². The number of pyridine rings is 1. The molecule has 4 rings (SSSR count). The Morgan fingerprint density at radius 3 is 2.55 bits per heavy atom. The molecule has 11 heteroatoms.